The van der Waals surface area contributed by atoms with Crippen LogP contribution in [0.25, 0.3) is 20.7 Å². The molecule has 1 nitrogen and oxygen atoms in total. The Morgan fingerprint density at radius 2 is 1.89 bits per heavy atom. The molecule has 0 bridgehead atoms. The molecule has 0 spiro atoms. The van der Waals surface area contributed by atoms with Gasteiger partial charge in [0.2, 0.25) is 0 Å². The Morgan fingerprint density at radius 1 is 1.17 bits per heavy atom. The Balaban J connectivity index is 2.27. The van der Waals surface area contributed by atoms with Crippen molar-refractivity contribution in [2.24, 2.45) is 0 Å². The molecule has 2 heterocycles. The lowest BCUT2D eigenvalue weighted by atomic mass is 10.2. The summed E-state index contributed by atoms with van der Waals surface area (Å²) in [6, 6.07) is 8.15. The third-order valence-electron chi connectivity index (χ3n) is 2.59. The summed E-state index contributed by atoms with van der Waals surface area (Å²) in [5.41, 5.74) is 0.947. The Hall–Kier alpha value is -0.970. The van der Waals surface area contributed by atoms with Gasteiger partial charge in [0.25, 0.3) is 0 Å². The highest BCUT2D eigenvalue weighted by Crippen LogP contribution is 2.43. The van der Waals surface area contributed by atoms with Crippen molar-refractivity contribution in [1.82, 2.24) is 4.98 Å². The summed E-state index contributed by atoms with van der Waals surface area (Å²) >= 11 is 11.2. The van der Waals surface area contributed by atoms with Crippen LogP contribution in [0.1, 0.15) is 0 Å². The van der Waals surface area contributed by atoms with Crippen molar-refractivity contribution in [3.63, 3.8) is 0 Å². The van der Waals surface area contributed by atoms with E-state index in [-0.39, 0.29) is 5.82 Å². The minimum atomic E-state index is -0.243. The van der Waals surface area contributed by atoms with Crippen LogP contribution in [0.2, 0.25) is 5.02 Å². The van der Waals surface area contributed by atoms with Gasteiger partial charge in [0, 0.05) is 16.1 Å². The third-order valence-corrected chi connectivity index (χ3v) is 5.11. The van der Waals surface area contributed by atoms with E-state index in [1.54, 1.807) is 24.4 Å². The molecule has 3 aromatic rings. The van der Waals surface area contributed by atoms with Gasteiger partial charge in [-0.05, 0) is 39.7 Å². The first-order valence-electron chi connectivity index (χ1n) is 5.15. The van der Waals surface area contributed by atoms with Crippen LogP contribution in [0, 0.1) is 5.82 Å². The highest BCUT2D eigenvalue weighted by atomic mass is 79.9. The first kappa shape index (κ1) is 12.1. The minimum absolute atomic E-state index is 0.243. The van der Waals surface area contributed by atoms with Crippen molar-refractivity contribution < 1.29 is 4.39 Å². The quantitative estimate of drug-likeness (QED) is 0.567. The molecular weight excluding hydrogens is 337 g/mol. The van der Waals surface area contributed by atoms with Gasteiger partial charge in [-0.2, -0.15) is 0 Å². The molecule has 3 rings (SSSR count). The Bertz CT molecular complexity index is 724. The third kappa shape index (κ3) is 1.94. The zero-order chi connectivity index (χ0) is 12.7. The molecule has 0 atom stereocenters. The second-order valence-corrected chi connectivity index (χ2v) is 5.92. The van der Waals surface area contributed by atoms with E-state index in [9.17, 15) is 4.39 Å². The van der Waals surface area contributed by atoms with Crippen molar-refractivity contribution in [2.75, 3.05) is 0 Å². The van der Waals surface area contributed by atoms with Gasteiger partial charge in [0.15, 0.2) is 0 Å². The van der Waals surface area contributed by atoms with Crippen LogP contribution in [0.15, 0.2) is 41.0 Å². The highest BCUT2D eigenvalue weighted by molar-refractivity contribution is 9.10. The molecule has 0 aliphatic rings. The van der Waals surface area contributed by atoms with E-state index in [0.29, 0.717) is 5.02 Å². The number of aromatic nitrogens is 1. The average molecular weight is 343 g/mol. The first-order valence-corrected chi connectivity index (χ1v) is 7.14. The van der Waals surface area contributed by atoms with Crippen LogP contribution in [-0.2, 0) is 0 Å². The van der Waals surface area contributed by atoms with Gasteiger partial charge in [-0.3, -0.25) is 0 Å². The summed E-state index contributed by atoms with van der Waals surface area (Å²) in [4.78, 5) is 6.17. The molecule has 0 fully saturated rings. The van der Waals surface area contributed by atoms with Gasteiger partial charge >= 0.3 is 0 Å². The molecule has 0 aliphatic heterocycles. The molecule has 18 heavy (non-hydrogen) atoms. The molecule has 90 valence electrons. The van der Waals surface area contributed by atoms with Gasteiger partial charge < -0.3 is 0 Å². The van der Waals surface area contributed by atoms with Crippen molar-refractivity contribution in [3.05, 3.63) is 51.8 Å². The lowest BCUT2D eigenvalue weighted by Gasteiger charge is -1.98. The van der Waals surface area contributed by atoms with Gasteiger partial charge in [-0.15, -0.1) is 11.3 Å². The minimum Gasteiger partial charge on any atom is -0.245 e. The van der Waals surface area contributed by atoms with Crippen molar-refractivity contribution >= 4 is 49.1 Å². The lowest BCUT2D eigenvalue weighted by molar-refractivity contribution is 0.628. The standard InChI is InChI=1S/C13H6BrClFNS/c14-11-10-9(15)5-6-17-13(10)18-12(11)7-1-3-8(16)4-2-7/h1-6H. The van der Waals surface area contributed by atoms with Gasteiger partial charge in [-0.1, -0.05) is 23.7 Å². The van der Waals surface area contributed by atoms with Crippen LogP contribution in [0.3, 0.4) is 0 Å². The van der Waals surface area contributed by atoms with Crippen LogP contribution in [0.5, 0.6) is 0 Å². The Labute approximate surface area is 120 Å². The Morgan fingerprint density at radius 3 is 2.56 bits per heavy atom. The van der Waals surface area contributed by atoms with Crippen molar-refractivity contribution in [1.29, 1.82) is 0 Å². The van der Waals surface area contributed by atoms with E-state index in [1.807, 2.05) is 0 Å². The fourth-order valence-corrected chi connectivity index (χ4v) is 4.22. The predicted molar refractivity (Wildman–Crippen MR) is 77.7 cm³/mol. The summed E-state index contributed by atoms with van der Waals surface area (Å²) in [5, 5.41) is 1.57. The maximum Gasteiger partial charge on any atom is 0.126 e. The summed E-state index contributed by atoms with van der Waals surface area (Å²) in [7, 11) is 0. The number of thiophene rings is 1. The normalized spacial score (nSPS) is 11.1. The van der Waals surface area contributed by atoms with Crippen LogP contribution >= 0.6 is 38.9 Å². The molecule has 5 heteroatoms. The molecule has 1 aromatic carbocycles. The smallest absolute Gasteiger partial charge is 0.126 e. The van der Waals surface area contributed by atoms with Crippen LogP contribution in [-0.4, -0.2) is 4.98 Å². The molecule has 0 saturated heterocycles. The first-order chi connectivity index (χ1) is 8.66. The second kappa shape index (κ2) is 4.61. The summed E-state index contributed by atoms with van der Waals surface area (Å²) in [6.45, 7) is 0. The number of hydrogen-bond acceptors (Lipinski definition) is 2. The van der Waals surface area contributed by atoms with E-state index in [1.165, 1.54) is 23.5 Å². The van der Waals surface area contributed by atoms with Crippen molar-refractivity contribution in [3.8, 4) is 10.4 Å². The maximum atomic E-state index is 12.9. The fourth-order valence-electron chi connectivity index (χ4n) is 1.74. The average Bonchev–Trinajstić information content (AvgIpc) is 2.69. The monoisotopic (exact) mass is 341 g/mol. The zero-order valence-electron chi connectivity index (χ0n) is 8.95. The number of benzene rings is 1. The number of halogens is 3. The van der Waals surface area contributed by atoms with Crippen LogP contribution in [0.4, 0.5) is 4.39 Å². The summed E-state index contributed by atoms with van der Waals surface area (Å²) in [6.07, 6.45) is 1.68. The van der Waals surface area contributed by atoms with E-state index in [0.717, 1.165) is 25.1 Å². The number of fused-ring (bicyclic) bond motifs is 1. The molecule has 0 saturated carbocycles. The van der Waals surface area contributed by atoms with Gasteiger partial charge in [0.1, 0.15) is 10.6 Å². The maximum absolute atomic E-state index is 12.9. The molecule has 0 N–H and O–H groups in total. The molecule has 2 aromatic heterocycles. The number of nitrogens with zero attached hydrogens (tertiary/aromatic N) is 1. The highest BCUT2D eigenvalue weighted by Gasteiger charge is 2.14. The van der Waals surface area contributed by atoms with Gasteiger partial charge in [0.05, 0.1) is 9.90 Å². The zero-order valence-corrected chi connectivity index (χ0v) is 12.1. The molecule has 0 amide bonds. The lowest BCUT2D eigenvalue weighted by Crippen LogP contribution is -1.76. The Kier molecular flexibility index (Phi) is 3.09. The van der Waals surface area contributed by atoms with Gasteiger partial charge in [-0.25, -0.2) is 9.37 Å². The largest absolute Gasteiger partial charge is 0.245 e. The van der Waals surface area contributed by atoms with Crippen LogP contribution < -0.4 is 0 Å². The predicted octanol–water partition coefficient (Wildman–Crippen LogP) is 5.52. The number of pyridine rings is 1. The van der Waals surface area contributed by atoms with Crippen molar-refractivity contribution in [2.45, 2.75) is 0 Å². The number of hydrogen-bond donors (Lipinski definition) is 0. The second-order valence-electron chi connectivity index (χ2n) is 3.72. The summed E-state index contributed by atoms with van der Waals surface area (Å²) < 4.78 is 13.8. The fraction of sp³-hybridized carbons (Fsp3) is 0. The summed E-state index contributed by atoms with van der Waals surface area (Å²) in [5.74, 6) is -0.243. The SMILES string of the molecule is Fc1ccc(-c2sc3nccc(Cl)c3c2Br)cc1. The van der Waals surface area contributed by atoms with E-state index in [2.05, 4.69) is 20.9 Å². The van der Waals surface area contributed by atoms with E-state index >= 15 is 0 Å². The molecule has 0 aliphatic carbocycles. The molecule has 0 radical (unpaired) electrons. The topological polar surface area (TPSA) is 12.9 Å². The van der Waals surface area contributed by atoms with E-state index in [4.69, 9.17) is 11.6 Å². The van der Waals surface area contributed by atoms with E-state index < -0.39 is 0 Å². The number of rotatable bonds is 1. The molecular formula is C13H6BrClFNS. The molecule has 0 unspecified atom stereocenters.